The Morgan fingerprint density at radius 2 is 1.74 bits per heavy atom. The van der Waals surface area contributed by atoms with Gasteiger partial charge in [-0.1, -0.05) is 87.3 Å². The normalized spacial score (nSPS) is 17.0. The van der Waals surface area contributed by atoms with Crippen LogP contribution in [0.5, 0.6) is 0 Å². The molecule has 0 bridgehead atoms. The fourth-order valence-electron chi connectivity index (χ4n) is 3.12. The van der Waals surface area contributed by atoms with E-state index in [2.05, 4.69) is 44.0 Å². The van der Waals surface area contributed by atoms with Crippen LogP contribution in [0, 0.1) is 5.92 Å². The molecule has 1 aliphatic carbocycles. The maximum absolute atomic E-state index is 6.42. The van der Waals surface area contributed by atoms with Crippen LogP contribution >= 0.6 is 43.5 Å². The van der Waals surface area contributed by atoms with E-state index < -0.39 is 0 Å². The Morgan fingerprint density at radius 3 is 2.32 bits per heavy atom. The molecular weight excluding hydrogens is 387 g/mol. The maximum atomic E-state index is 6.42. The molecule has 1 saturated carbocycles. The number of rotatable bonds is 6. The highest BCUT2D eigenvalue weighted by atomic mass is 79.9. The van der Waals surface area contributed by atoms with Gasteiger partial charge >= 0.3 is 0 Å². The Hall–Kier alpha value is 0.470. The van der Waals surface area contributed by atoms with Gasteiger partial charge in [0.05, 0.1) is 0 Å². The summed E-state index contributed by atoms with van der Waals surface area (Å²) in [6.45, 7) is 0. The highest BCUT2D eigenvalue weighted by Crippen LogP contribution is 2.40. The molecule has 0 heterocycles. The minimum atomic E-state index is 0.126. The number of hydrogen-bond donors (Lipinski definition) is 0. The highest BCUT2D eigenvalue weighted by molar-refractivity contribution is 9.09. The molecule has 1 aromatic rings. The zero-order valence-corrected chi connectivity index (χ0v) is 15.1. The fraction of sp³-hybridized carbons (Fsp3) is 0.625. The van der Waals surface area contributed by atoms with Crippen LogP contribution in [0.1, 0.15) is 44.1 Å². The number of halogens is 3. The molecule has 19 heavy (non-hydrogen) atoms. The van der Waals surface area contributed by atoms with Crippen molar-refractivity contribution < 1.29 is 0 Å². The highest BCUT2D eigenvalue weighted by Gasteiger charge is 2.32. The van der Waals surface area contributed by atoms with Gasteiger partial charge in [-0.15, -0.1) is 0 Å². The SMILES string of the molecule is Clc1ccccc1C(CBr)(CBr)CCC1CCCC1. The van der Waals surface area contributed by atoms with Gasteiger partial charge in [-0.3, -0.25) is 0 Å². The lowest BCUT2D eigenvalue weighted by atomic mass is 9.78. The van der Waals surface area contributed by atoms with Crippen molar-refractivity contribution in [3.05, 3.63) is 34.9 Å². The largest absolute Gasteiger partial charge is 0.0918 e. The Kier molecular flexibility index (Phi) is 6.23. The molecule has 0 amide bonds. The van der Waals surface area contributed by atoms with Gasteiger partial charge in [-0.2, -0.15) is 0 Å². The Bertz CT molecular complexity index is 395. The molecule has 0 radical (unpaired) electrons. The first-order valence-corrected chi connectivity index (χ1v) is 9.71. The summed E-state index contributed by atoms with van der Waals surface area (Å²) in [4.78, 5) is 0. The molecule has 2 rings (SSSR count). The van der Waals surface area contributed by atoms with Crippen LogP contribution in [-0.2, 0) is 5.41 Å². The summed E-state index contributed by atoms with van der Waals surface area (Å²) in [6, 6.07) is 8.29. The van der Waals surface area contributed by atoms with Crippen LogP contribution in [0.2, 0.25) is 5.02 Å². The molecule has 0 spiro atoms. The monoisotopic (exact) mass is 406 g/mol. The van der Waals surface area contributed by atoms with Crippen LogP contribution in [0.15, 0.2) is 24.3 Å². The molecule has 1 fully saturated rings. The molecule has 106 valence electrons. The molecule has 1 aliphatic rings. The zero-order chi connectivity index (χ0) is 13.7. The minimum absolute atomic E-state index is 0.126. The van der Waals surface area contributed by atoms with Crippen LogP contribution in [0.4, 0.5) is 0 Å². The van der Waals surface area contributed by atoms with E-state index in [1.54, 1.807) is 0 Å². The van der Waals surface area contributed by atoms with Gasteiger partial charge in [-0.25, -0.2) is 0 Å². The van der Waals surface area contributed by atoms with E-state index in [4.69, 9.17) is 11.6 Å². The van der Waals surface area contributed by atoms with Crippen LogP contribution in [0.25, 0.3) is 0 Å². The number of alkyl halides is 2. The van der Waals surface area contributed by atoms with Crippen molar-refractivity contribution >= 4 is 43.5 Å². The van der Waals surface area contributed by atoms with E-state index in [0.717, 1.165) is 21.6 Å². The Labute approximate surface area is 138 Å². The Morgan fingerprint density at radius 1 is 1.11 bits per heavy atom. The second-order valence-corrected chi connectivity index (χ2v) is 7.25. The molecular formula is C16H21Br2Cl. The topological polar surface area (TPSA) is 0 Å². The maximum Gasteiger partial charge on any atom is 0.0444 e. The van der Waals surface area contributed by atoms with Gasteiger partial charge in [0.15, 0.2) is 0 Å². The summed E-state index contributed by atoms with van der Waals surface area (Å²) in [6.07, 6.45) is 8.21. The van der Waals surface area contributed by atoms with E-state index in [9.17, 15) is 0 Å². The van der Waals surface area contributed by atoms with Crippen LogP contribution in [-0.4, -0.2) is 10.7 Å². The van der Waals surface area contributed by atoms with Gasteiger partial charge in [0.2, 0.25) is 0 Å². The smallest absolute Gasteiger partial charge is 0.0444 e. The third kappa shape index (κ3) is 3.77. The lowest BCUT2D eigenvalue weighted by Crippen LogP contribution is -2.31. The molecule has 3 heteroatoms. The van der Waals surface area contributed by atoms with E-state index in [1.807, 2.05) is 12.1 Å². The first-order chi connectivity index (χ1) is 9.22. The summed E-state index contributed by atoms with van der Waals surface area (Å²) in [5.41, 5.74) is 1.41. The molecule has 0 nitrogen and oxygen atoms in total. The average molecular weight is 409 g/mol. The third-order valence-corrected chi connectivity index (χ3v) is 6.94. The van der Waals surface area contributed by atoms with Gasteiger partial charge in [-0.05, 0) is 30.4 Å². The summed E-state index contributed by atoms with van der Waals surface area (Å²) in [5.74, 6) is 0.931. The predicted molar refractivity (Wildman–Crippen MR) is 91.9 cm³/mol. The van der Waals surface area contributed by atoms with E-state index >= 15 is 0 Å². The van der Waals surface area contributed by atoms with E-state index in [-0.39, 0.29) is 5.41 Å². The summed E-state index contributed by atoms with van der Waals surface area (Å²) < 4.78 is 0. The molecule has 0 aliphatic heterocycles. The lowest BCUT2D eigenvalue weighted by Gasteiger charge is -2.32. The first-order valence-electron chi connectivity index (χ1n) is 7.09. The molecule has 0 unspecified atom stereocenters. The predicted octanol–water partition coefficient (Wildman–Crippen LogP) is 6.34. The van der Waals surface area contributed by atoms with Crippen molar-refractivity contribution in [3.63, 3.8) is 0 Å². The summed E-state index contributed by atoms with van der Waals surface area (Å²) >= 11 is 13.9. The van der Waals surface area contributed by atoms with Crippen molar-refractivity contribution in [1.82, 2.24) is 0 Å². The zero-order valence-electron chi connectivity index (χ0n) is 11.2. The minimum Gasteiger partial charge on any atom is -0.0918 e. The second-order valence-electron chi connectivity index (χ2n) is 5.72. The fourth-order valence-corrected chi connectivity index (χ4v) is 5.55. The van der Waals surface area contributed by atoms with Crippen LogP contribution in [0.3, 0.4) is 0 Å². The second kappa shape index (κ2) is 7.47. The van der Waals surface area contributed by atoms with Gasteiger partial charge in [0.25, 0.3) is 0 Å². The van der Waals surface area contributed by atoms with Crippen molar-refractivity contribution in [2.75, 3.05) is 10.7 Å². The van der Waals surface area contributed by atoms with Crippen molar-refractivity contribution in [2.24, 2.45) is 5.92 Å². The van der Waals surface area contributed by atoms with Crippen molar-refractivity contribution in [2.45, 2.75) is 43.9 Å². The first kappa shape index (κ1) is 15.9. The quantitative estimate of drug-likeness (QED) is 0.482. The lowest BCUT2D eigenvalue weighted by molar-refractivity contribution is 0.400. The molecule has 0 N–H and O–H groups in total. The standard InChI is InChI=1S/C16H21Br2Cl/c17-11-16(12-18,10-9-13-5-1-2-6-13)14-7-3-4-8-15(14)19/h3-4,7-8,13H,1-2,5-6,9-12H2. The molecule has 1 aromatic carbocycles. The van der Waals surface area contributed by atoms with Crippen molar-refractivity contribution in [1.29, 1.82) is 0 Å². The van der Waals surface area contributed by atoms with Gasteiger partial charge < -0.3 is 0 Å². The Balaban J connectivity index is 2.14. The van der Waals surface area contributed by atoms with Crippen LogP contribution < -0.4 is 0 Å². The van der Waals surface area contributed by atoms with Gasteiger partial charge in [0.1, 0.15) is 0 Å². The third-order valence-electron chi connectivity index (χ3n) is 4.46. The van der Waals surface area contributed by atoms with E-state index in [0.29, 0.717) is 0 Å². The summed E-state index contributed by atoms with van der Waals surface area (Å²) in [5, 5.41) is 2.82. The summed E-state index contributed by atoms with van der Waals surface area (Å²) in [7, 11) is 0. The molecule has 0 atom stereocenters. The number of hydrogen-bond acceptors (Lipinski definition) is 0. The van der Waals surface area contributed by atoms with Gasteiger partial charge in [0, 0.05) is 21.1 Å². The average Bonchev–Trinajstić information content (AvgIpc) is 2.95. The molecule has 0 saturated heterocycles. The number of benzene rings is 1. The van der Waals surface area contributed by atoms with E-state index in [1.165, 1.54) is 44.1 Å². The molecule has 0 aromatic heterocycles. The van der Waals surface area contributed by atoms with Crippen molar-refractivity contribution in [3.8, 4) is 0 Å².